The highest BCUT2D eigenvalue weighted by Gasteiger charge is 2.22. The summed E-state index contributed by atoms with van der Waals surface area (Å²) in [4.78, 5) is 23.7. The molecule has 0 radical (unpaired) electrons. The summed E-state index contributed by atoms with van der Waals surface area (Å²) in [6.45, 7) is 8.25. The summed E-state index contributed by atoms with van der Waals surface area (Å²) in [5.41, 5.74) is 13.3. The lowest BCUT2D eigenvalue weighted by Gasteiger charge is -2.08. The van der Waals surface area contributed by atoms with Gasteiger partial charge in [-0.15, -0.1) is 0 Å². The topological polar surface area (TPSA) is 116 Å². The molecular weight excluding hydrogens is 612 g/mol. The van der Waals surface area contributed by atoms with Crippen LogP contribution in [0.2, 0.25) is 0 Å². The Morgan fingerprint density at radius 1 is 0.571 bits per heavy atom. The van der Waals surface area contributed by atoms with E-state index in [0.717, 1.165) is 101 Å². The van der Waals surface area contributed by atoms with Crippen molar-refractivity contribution in [1.82, 2.24) is 19.9 Å². The predicted molar refractivity (Wildman–Crippen MR) is 196 cm³/mol. The highest BCUT2D eigenvalue weighted by molar-refractivity contribution is 6.14. The molecule has 0 aliphatic carbocycles. The first kappa shape index (κ1) is 30.1. The average Bonchev–Trinajstić information content (AvgIpc) is 3.92. The first-order chi connectivity index (χ1) is 23.8. The highest BCUT2D eigenvalue weighted by atomic mass is 16.5. The van der Waals surface area contributed by atoms with Gasteiger partial charge >= 0.3 is 0 Å². The minimum Gasteiger partial charge on any atom is -0.494 e. The third kappa shape index (κ3) is 5.49. The van der Waals surface area contributed by atoms with Gasteiger partial charge < -0.3 is 34.1 Å². The van der Waals surface area contributed by atoms with E-state index in [9.17, 15) is 0 Å². The zero-order valence-electron chi connectivity index (χ0n) is 28.2. The molecule has 0 unspecified atom stereocenters. The summed E-state index contributed by atoms with van der Waals surface area (Å²) in [7, 11) is 3.34. The molecule has 0 fully saturated rings. The van der Waals surface area contributed by atoms with Crippen LogP contribution >= 0.6 is 0 Å². The standard InChI is InChI=1S/C40H36N6O3/c1-21-13-23(3)41-29(21)17-35-39(47-5)19-33(45-35)31-15-25-27(43-31)9-7-11-37(25)49-38-12-8-10-28-26(38)16-32(44-28)34-20-40(48-6)36(46-34)18-30-22(2)14-24(4)42-30/h7-20,41-44H,1-6H3. The van der Waals surface area contributed by atoms with Gasteiger partial charge in [0.05, 0.1) is 37.0 Å². The van der Waals surface area contributed by atoms with Crippen molar-refractivity contribution in [1.29, 1.82) is 0 Å². The first-order valence-electron chi connectivity index (χ1n) is 16.1. The third-order valence-electron chi connectivity index (χ3n) is 8.92. The fourth-order valence-corrected chi connectivity index (χ4v) is 6.54. The molecule has 2 aliphatic heterocycles. The molecular formula is C40H36N6O3. The van der Waals surface area contributed by atoms with E-state index in [0.29, 0.717) is 11.5 Å². The van der Waals surface area contributed by atoms with Gasteiger partial charge in [-0.3, -0.25) is 0 Å². The number of hydrogen-bond donors (Lipinski definition) is 4. The zero-order valence-corrected chi connectivity index (χ0v) is 28.2. The second-order valence-electron chi connectivity index (χ2n) is 12.5. The third-order valence-corrected chi connectivity index (χ3v) is 8.92. The molecule has 6 aromatic rings. The lowest BCUT2D eigenvalue weighted by atomic mass is 10.2. The molecule has 244 valence electrons. The quantitative estimate of drug-likeness (QED) is 0.132. The zero-order chi connectivity index (χ0) is 33.8. The second-order valence-corrected chi connectivity index (χ2v) is 12.5. The Bertz CT molecular complexity index is 2310. The fraction of sp³-hybridized carbons (Fsp3) is 0.150. The number of H-pyrrole nitrogens is 4. The van der Waals surface area contributed by atoms with Gasteiger partial charge in [-0.05, 0) is 99.5 Å². The van der Waals surface area contributed by atoms with Crippen molar-refractivity contribution in [2.45, 2.75) is 27.7 Å². The summed E-state index contributed by atoms with van der Waals surface area (Å²) in [5.74, 6) is 2.89. The van der Waals surface area contributed by atoms with Gasteiger partial charge in [0.25, 0.3) is 0 Å². The lowest BCUT2D eigenvalue weighted by Crippen LogP contribution is -1.93. The monoisotopic (exact) mass is 648 g/mol. The maximum absolute atomic E-state index is 6.64. The summed E-state index contributed by atoms with van der Waals surface area (Å²) in [6.07, 6.45) is 7.97. The van der Waals surface area contributed by atoms with Gasteiger partial charge in [0, 0.05) is 56.7 Å². The molecule has 9 nitrogen and oxygen atoms in total. The van der Waals surface area contributed by atoms with Crippen molar-refractivity contribution in [3.8, 4) is 11.5 Å². The molecule has 2 aliphatic rings. The Labute approximate surface area is 283 Å². The Morgan fingerprint density at radius 3 is 1.41 bits per heavy atom. The van der Waals surface area contributed by atoms with Crippen LogP contribution in [-0.2, 0) is 9.47 Å². The van der Waals surface area contributed by atoms with Crippen molar-refractivity contribution >= 4 is 45.4 Å². The summed E-state index contributed by atoms with van der Waals surface area (Å²) in [6, 6.07) is 20.4. The Hall–Kier alpha value is -6.22. The van der Waals surface area contributed by atoms with Crippen LogP contribution in [-0.4, -0.2) is 45.6 Å². The number of fused-ring (bicyclic) bond motifs is 2. The number of methoxy groups -OCH3 is 2. The normalized spacial score (nSPS) is 16.1. The number of hydrogen-bond acceptors (Lipinski definition) is 5. The number of nitrogens with one attached hydrogen (secondary N) is 4. The number of aliphatic imine (C=N–C) groups is 2. The Balaban J connectivity index is 1.11. The Kier molecular flexibility index (Phi) is 7.25. The maximum Gasteiger partial charge on any atom is 0.146 e. The van der Waals surface area contributed by atoms with E-state index < -0.39 is 0 Å². The molecule has 0 bridgehead atoms. The molecule has 8 rings (SSSR count). The van der Waals surface area contributed by atoms with Crippen molar-refractivity contribution in [3.05, 3.63) is 141 Å². The number of aromatic nitrogens is 4. The number of rotatable bonds is 8. The largest absolute Gasteiger partial charge is 0.494 e. The summed E-state index contributed by atoms with van der Waals surface area (Å²) in [5, 5.41) is 1.90. The molecule has 9 heteroatoms. The molecule has 49 heavy (non-hydrogen) atoms. The van der Waals surface area contributed by atoms with Gasteiger partial charge in [0.2, 0.25) is 0 Å². The van der Waals surface area contributed by atoms with Crippen LogP contribution in [0.25, 0.3) is 34.0 Å². The number of aryl methyl sites for hydroxylation is 4. The number of allylic oxidation sites excluding steroid dienone is 2. The van der Waals surface area contributed by atoms with Crippen molar-refractivity contribution < 1.29 is 14.2 Å². The SMILES string of the molecule is COC1=CC(c2cc3c(Oc4cccc5[nH]c(C6=NC(=Cc7[nH]c(C)cc7C)C(OC)=C6)cc45)cccc3[nH]2)=NC1=Cc1[nH]c(C)cc1C. The van der Waals surface area contributed by atoms with Gasteiger partial charge in [-0.2, -0.15) is 0 Å². The number of benzene rings is 2. The molecule has 0 spiro atoms. The van der Waals surface area contributed by atoms with E-state index in [1.165, 1.54) is 0 Å². The molecule has 4 aromatic heterocycles. The molecule has 0 saturated heterocycles. The van der Waals surface area contributed by atoms with Crippen molar-refractivity contribution in [2.75, 3.05) is 14.2 Å². The molecule has 0 amide bonds. The van der Waals surface area contributed by atoms with Crippen LogP contribution < -0.4 is 4.74 Å². The van der Waals surface area contributed by atoms with Gasteiger partial charge in [-0.1, -0.05) is 12.1 Å². The van der Waals surface area contributed by atoms with Crippen molar-refractivity contribution in [3.63, 3.8) is 0 Å². The Morgan fingerprint density at radius 2 is 1.02 bits per heavy atom. The van der Waals surface area contributed by atoms with Gasteiger partial charge in [0.1, 0.15) is 34.4 Å². The smallest absolute Gasteiger partial charge is 0.146 e. The number of nitrogens with zero attached hydrogens (tertiary/aromatic N) is 2. The molecule has 0 saturated carbocycles. The summed E-state index contributed by atoms with van der Waals surface area (Å²) < 4.78 is 18.0. The van der Waals surface area contributed by atoms with Gasteiger partial charge in [0.15, 0.2) is 0 Å². The van der Waals surface area contributed by atoms with E-state index in [4.69, 9.17) is 24.2 Å². The number of aromatic amines is 4. The molecule has 0 atom stereocenters. The maximum atomic E-state index is 6.64. The van der Waals surface area contributed by atoms with E-state index in [1.54, 1.807) is 14.2 Å². The molecule has 2 aromatic carbocycles. The van der Waals surface area contributed by atoms with Crippen molar-refractivity contribution in [2.24, 2.45) is 9.98 Å². The molecule has 4 N–H and O–H groups in total. The van der Waals surface area contributed by atoms with Gasteiger partial charge in [-0.25, -0.2) is 9.98 Å². The van der Waals surface area contributed by atoms with E-state index in [-0.39, 0.29) is 0 Å². The summed E-state index contributed by atoms with van der Waals surface area (Å²) >= 11 is 0. The highest BCUT2D eigenvalue weighted by Crippen LogP contribution is 2.37. The van der Waals surface area contributed by atoms with E-state index >= 15 is 0 Å². The van der Waals surface area contributed by atoms with Crippen LogP contribution in [0.1, 0.15) is 45.3 Å². The van der Waals surface area contributed by atoms with Crippen LogP contribution in [0.5, 0.6) is 11.5 Å². The fourth-order valence-electron chi connectivity index (χ4n) is 6.54. The minimum absolute atomic E-state index is 0.711. The van der Waals surface area contributed by atoms with Crippen LogP contribution in [0.3, 0.4) is 0 Å². The molecule has 6 heterocycles. The van der Waals surface area contributed by atoms with E-state index in [1.807, 2.05) is 74.5 Å². The second kappa shape index (κ2) is 11.8. The van der Waals surface area contributed by atoms with Crippen LogP contribution in [0.4, 0.5) is 0 Å². The minimum atomic E-state index is 0.711. The number of ether oxygens (including phenoxy) is 3. The first-order valence-corrected chi connectivity index (χ1v) is 16.1. The predicted octanol–water partition coefficient (Wildman–Crippen LogP) is 9.08. The average molecular weight is 649 g/mol. The van der Waals surface area contributed by atoms with Crippen LogP contribution in [0.15, 0.2) is 106 Å². The van der Waals surface area contributed by atoms with Crippen LogP contribution in [0, 0.1) is 27.7 Å². The lowest BCUT2D eigenvalue weighted by molar-refractivity contribution is 0.303. The van der Waals surface area contributed by atoms with E-state index in [2.05, 4.69) is 58.0 Å².